The molecule has 2 aromatic rings. The van der Waals surface area contributed by atoms with Crippen molar-refractivity contribution in [3.05, 3.63) is 58.6 Å². The van der Waals surface area contributed by atoms with Gasteiger partial charge in [0.05, 0.1) is 11.7 Å². The molecule has 1 aliphatic heterocycles. The molecule has 1 aliphatic rings. The van der Waals surface area contributed by atoms with Gasteiger partial charge in [-0.25, -0.2) is 0 Å². The van der Waals surface area contributed by atoms with E-state index in [-0.39, 0.29) is 12.0 Å². The number of amides is 1. The molecule has 4 nitrogen and oxygen atoms in total. The Labute approximate surface area is 143 Å². The summed E-state index contributed by atoms with van der Waals surface area (Å²) >= 11 is 3.38. The van der Waals surface area contributed by atoms with E-state index in [1.165, 1.54) is 0 Å². The molecule has 5 heteroatoms. The number of nitrogens with one attached hydrogen (secondary N) is 1. The minimum absolute atomic E-state index is 0.123. The second-order valence-corrected chi connectivity index (χ2v) is 6.32. The van der Waals surface area contributed by atoms with Gasteiger partial charge >= 0.3 is 0 Å². The second kappa shape index (κ2) is 7.62. The quantitative estimate of drug-likeness (QED) is 0.848. The first-order valence-electron chi connectivity index (χ1n) is 7.63. The number of halogens is 1. The average molecular weight is 376 g/mol. The molecular formula is C18H18BrNO3. The molecule has 120 valence electrons. The number of carbonyl (C=O) groups excluding carboxylic acids is 1. The van der Waals surface area contributed by atoms with E-state index in [9.17, 15) is 4.79 Å². The molecular weight excluding hydrogens is 358 g/mol. The highest BCUT2D eigenvalue weighted by molar-refractivity contribution is 9.10. The minimum atomic E-state index is -0.185. The summed E-state index contributed by atoms with van der Waals surface area (Å²) < 4.78 is 12.3. The molecule has 1 N–H and O–H groups in total. The first-order valence-corrected chi connectivity index (χ1v) is 8.42. The third-order valence-corrected chi connectivity index (χ3v) is 4.21. The molecule has 2 aromatic carbocycles. The van der Waals surface area contributed by atoms with Gasteiger partial charge in [0, 0.05) is 16.8 Å². The zero-order valence-electron chi connectivity index (χ0n) is 12.6. The van der Waals surface area contributed by atoms with Crippen LogP contribution in [0, 0.1) is 0 Å². The lowest BCUT2D eigenvalue weighted by Crippen LogP contribution is -2.19. The highest BCUT2D eigenvalue weighted by atomic mass is 79.9. The Balaban J connectivity index is 1.68. The van der Waals surface area contributed by atoms with Crippen LogP contribution in [0.15, 0.2) is 53.0 Å². The summed E-state index contributed by atoms with van der Waals surface area (Å²) in [6.45, 7) is 1.27. The predicted octanol–water partition coefficient (Wildman–Crippen LogP) is 4.26. The van der Waals surface area contributed by atoms with Gasteiger partial charge in [0.25, 0.3) is 5.91 Å². The van der Waals surface area contributed by atoms with Crippen molar-refractivity contribution in [3.63, 3.8) is 0 Å². The normalized spacial score (nSPS) is 17.0. The number of ether oxygens (including phenoxy) is 2. The number of benzene rings is 2. The Morgan fingerprint density at radius 2 is 2.00 bits per heavy atom. The van der Waals surface area contributed by atoms with E-state index in [1.807, 2.05) is 42.5 Å². The van der Waals surface area contributed by atoms with Crippen molar-refractivity contribution in [2.24, 2.45) is 0 Å². The highest BCUT2D eigenvalue weighted by Crippen LogP contribution is 2.22. The number of carbonyl (C=O) groups is 1. The van der Waals surface area contributed by atoms with Crippen LogP contribution in [-0.2, 0) is 4.74 Å². The molecule has 1 heterocycles. The van der Waals surface area contributed by atoms with Crippen LogP contribution >= 0.6 is 15.9 Å². The topological polar surface area (TPSA) is 47.6 Å². The fraction of sp³-hybridized carbons (Fsp3) is 0.278. The van der Waals surface area contributed by atoms with Gasteiger partial charge in [-0.05, 0) is 49.2 Å². The molecule has 0 radical (unpaired) electrons. The van der Waals surface area contributed by atoms with Crippen LogP contribution in [0.1, 0.15) is 23.2 Å². The summed E-state index contributed by atoms with van der Waals surface area (Å²) in [5.74, 6) is 0.396. The van der Waals surface area contributed by atoms with Crippen molar-refractivity contribution in [2.75, 3.05) is 18.5 Å². The Bertz CT molecular complexity index is 666. The lowest BCUT2D eigenvalue weighted by Gasteiger charge is -2.14. The van der Waals surface area contributed by atoms with Crippen molar-refractivity contribution in [1.82, 2.24) is 0 Å². The molecule has 1 amide bonds. The fourth-order valence-electron chi connectivity index (χ4n) is 2.47. The number of rotatable bonds is 5. The van der Waals surface area contributed by atoms with Crippen molar-refractivity contribution in [2.45, 2.75) is 18.9 Å². The van der Waals surface area contributed by atoms with Crippen molar-refractivity contribution >= 4 is 27.5 Å². The molecule has 0 bridgehead atoms. The van der Waals surface area contributed by atoms with Gasteiger partial charge in [0.1, 0.15) is 12.4 Å². The number of hydrogen-bond acceptors (Lipinski definition) is 3. The summed E-state index contributed by atoms with van der Waals surface area (Å²) in [4.78, 5) is 12.5. The van der Waals surface area contributed by atoms with Crippen LogP contribution < -0.4 is 10.1 Å². The smallest absolute Gasteiger partial charge is 0.259 e. The summed E-state index contributed by atoms with van der Waals surface area (Å²) in [6.07, 6.45) is 2.20. The molecule has 0 aromatic heterocycles. The molecule has 0 aliphatic carbocycles. The molecule has 1 saturated heterocycles. The van der Waals surface area contributed by atoms with E-state index < -0.39 is 0 Å². The maximum atomic E-state index is 12.5. The van der Waals surface area contributed by atoms with Gasteiger partial charge in [-0.2, -0.15) is 0 Å². The summed E-state index contributed by atoms with van der Waals surface area (Å²) in [5, 5.41) is 2.88. The highest BCUT2D eigenvalue weighted by Gasteiger charge is 2.18. The van der Waals surface area contributed by atoms with Gasteiger partial charge < -0.3 is 14.8 Å². The Morgan fingerprint density at radius 3 is 2.74 bits per heavy atom. The lowest BCUT2D eigenvalue weighted by atomic mass is 10.1. The van der Waals surface area contributed by atoms with Gasteiger partial charge in [0.2, 0.25) is 0 Å². The molecule has 23 heavy (non-hydrogen) atoms. The zero-order valence-corrected chi connectivity index (χ0v) is 14.2. The summed E-state index contributed by atoms with van der Waals surface area (Å²) in [7, 11) is 0. The average Bonchev–Trinajstić information content (AvgIpc) is 3.09. The monoisotopic (exact) mass is 375 g/mol. The molecule has 3 rings (SSSR count). The van der Waals surface area contributed by atoms with Crippen LogP contribution in [0.25, 0.3) is 0 Å². The first kappa shape index (κ1) is 16.0. The SMILES string of the molecule is O=C(Nc1ccc(Br)cc1)c1ccccc1OCC1CCCO1. The van der Waals surface area contributed by atoms with Crippen molar-refractivity contribution in [3.8, 4) is 5.75 Å². The van der Waals surface area contributed by atoms with Crippen LogP contribution in [0.5, 0.6) is 5.75 Å². The third kappa shape index (κ3) is 4.33. The number of hydrogen-bond donors (Lipinski definition) is 1. The fourth-order valence-corrected chi connectivity index (χ4v) is 2.73. The van der Waals surface area contributed by atoms with E-state index in [4.69, 9.17) is 9.47 Å². The number of para-hydroxylation sites is 1. The molecule has 1 fully saturated rings. The van der Waals surface area contributed by atoms with Gasteiger partial charge in [-0.3, -0.25) is 4.79 Å². The van der Waals surface area contributed by atoms with E-state index in [0.29, 0.717) is 17.9 Å². The van der Waals surface area contributed by atoms with E-state index in [2.05, 4.69) is 21.2 Å². The predicted molar refractivity (Wildman–Crippen MR) is 93.0 cm³/mol. The first-order chi connectivity index (χ1) is 11.2. The van der Waals surface area contributed by atoms with Crippen molar-refractivity contribution < 1.29 is 14.3 Å². The van der Waals surface area contributed by atoms with Crippen LogP contribution in [0.2, 0.25) is 0 Å². The molecule has 0 spiro atoms. The maximum Gasteiger partial charge on any atom is 0.259 e. The molecule has 0 saturated carbocycles. The van der Waals surface area contributed by atoms with E-state index >= 15 is 0 Å². The lowest BCUT2D eigenvalue weighted by molar-refractivity contribution is 0.0673. The minimum Gasteiger partial charge on any atom is -0.490 e. The van der Waals surface area contributed by atoms with Gasteiger partial charge in [-0.1, -0.05) is 28.1 Å². The Hall–Kier alpha value is -1.85. The summed E-state index contributed by atoms with van der Waals surface area (Å²) in [6, 6.07) is 14.7. The van der Waals surface area contributed by atoms with Gasteiger partial charge in [0.15, 0.2) is 0 Å². The second-order valence-electron chi connectivity index (χ2n) is 5.40. The van der Waals surface area contributed by atoms with Crippen LogP contribution in [0.3, 0.4) is 0 Å². The van der Waals surface area contributed by atoms with E-state index in [0.717, 1.165) is 29.6 Å². The van der Waals surface area contributed by atoms with Crippen LogP contribution in [-0.4, -0.2) is 25.2 Å². The summed E-state index contributed by atoms with van der Waals surface area (Å²) in [5.41, 5.74) is 1.26. The maximum absolute atomic E-state index is 12.5. The Kier molecular flexibility index (Phi) is 5.31. The van der Waals surface area contributed by atoms with E-state index in [1.54, 1.807) is 6.07 Å². The molecule has 1 unspecified atom stereocenters. The number of anilines is 1. The molecule has 1 atom stereocenters. The van der Waals surface area contributed by atoms with Crippen LogP contribution in [0.4, 0.5) is 5.69 Å². The largest absolute Gasteiger partial charge is 0.490 e. The zero-order chi connectivity index (χ0) is 16.1. The third-order valence-electron chi connectivity index (χ3n) is 3.68. The standard InChI is InChI=1S/C18H18BrNO3/c19-13-7-9-14(10-8-13)20-18(21)16-5-1-2-6-17(16)23-12-15-4-3-11-22-15/h1-2,5-10,15H,3-4,11-12H2,(H,20,21). The Morgan fingerprint density at radius 1 is 1.22 bits per heavy atom. The van der Waals surface area contributed by atoms with Gasteiger partial charge in [-0.15, -0.1) is 0 Å². The van der Waals surface area contributed by atoms with Crippen molar-refractivity contribution in [1.29, 1.82) is 0 Å².